The zero-order valence-corrected chi connectivity index (χ0v) is 18.5. The average Bonchev–Trinajstić information content (AvgIpc) is 2.94. The molecule has 0 bridgehead atoms. The van der Waals surface area contributed by atoms with Crippen molar-refractivity contribution in [2.24, 2.45) is 0 Å². The normalized spacial score (nSPS) is 26.2. The number of carbonyl (C=O) groups excluding carboxylic acids is 2. The summed E-state index contributed by atoms with van der Waals surface area (Å²) in [7, 11) is -5.06. The van der Waals surface area contributed by atoms with Crippen LogP contribution in [-0.4, -0.2) is 59.9 Å². The molecule has 0 aromatic heterocycles. The van der Waals surface area contributed by atoms with E-state index < -0.39 is 46.3 Å². The number of hydrogen-bond acceptors (Lipinski definition) is 8. The number of rotatable bonds is 5. The Balaban J connectivity index is 0.00000280. The largest absolute Gasteiger partial charge is 1.00 e. The van der Waals surface area contributed by atoms with Crippen LogP contribution in [0, 0.1) is 0 Å². The molecule has 1 aromatic rings. The SMILES string of the molecule is CC1(C)OC[C@@H]([C@@H]2[C@H](NC(=O)OCc3ccccc3)C(=O)N2S(=O)(=O)[O-])O1.[Na+]. The molecule has 0 unspecified atom stereocenters. The minimum atomic E-state index is -5.06. The van der Waals surface area contributed by atoms with Crippen molar-refractivity contribution < 1.29 is 66.3 Å². The number of nitrogens with one attached hydrogen (secondary N) is 1. The first kappa shape index (κ1) is 23.1. The molecule has 12 heteroatoms. The van der Waals surface area contributed by atoms with Crippen LogP contribution in [0.5, 0.6) is 0 Å². The minimum Gasteiger partial charge on any atom is -0.731 e. The third-order valence-corrected chi connectivity index (χ3v) is 5.14. The Kier molecular flexibility index (Phi) is 7.13. The molecule has 10 nitrogen and oxygen atoms in total. The van der Waals surface area contributed by atoms with Crippen molar-refractivity contribution in [2.75, 3.05) is 6.61 Å². The van der Waals surface area contributed by atoms with Gasteiger partial charge < -0.3 is 24.1 Å². The smallest absolute Gasteiger partial charge is 0.731 e. The van der Waals surface area contributed by atoms with Gasteiger partial charge in [-0.1, -0.05) is 30.3 Å². The van der Waals surface area contributed by atoms with Crippen LogP contribution in [0.25, 0.3) is 0 Å². The quantitative estimate of drug-likeness (QED) is 0.304. The van der Waals surface area contributed by atoms with Crippen molar-refractivity contribution >= 4 is 22.3 Å². The fourth-order valence-corrected chi connectivity index (χ4v) is 3.92. The average molecular weight is 422 g/mol. The number of carbonyl (C=O) groups is 2. The summed E-state index contributed by atoms with van der Waals surface area (Å²) in [6.45, 7) is 3.16. The molecule has 28 heavy (non-hydrogen) atoms. The molecule has 3 rings (SSSR count). The fraction of sp³-hybridized carbons (Fsp3) is 0.500. The molecule has 2 aliphatic heterocycles. The van der Waals surface area contributed by atoms with Crippen LogP contribution in [0.1, 0.15) is 19.4 Å². The van der Waals surface area contributed by atoms with Crippen molar-refractivity contribution in [3.63, 3.8) is 0 Å². The van der Waals surface area contributed by atoms with Gasteiger partial charge in [-0.3, -0.25) is 4.79 Å². The Labute approximate surface area is 184 Å². The Morgan fingerprint density at radius 1 is 1.36 bits per heavy atom. The standard InChI is InChI=1S/C16H20N2O8S.Na/c1-16(2)25-9-11(26-16)13-12(14(19)18(13)27(21,22)23)17-15(20)24-8-10-6-4-3-5-7-10;/h3-7,11-13H,8-9H2,1-2H3,(H,17,20)(H,21,22,23);/q;+1/p-1/t11-,12-,13+;/m0./s1. The number of β-lactam (4-membered cyclic amide) rings is 1. The summed E-state index contributed by atoms with van der Waals surface area (Å²) < 4.78 is 50.3. The van der Waals surface area contributed by atoms with E-state index in [2.05, 4.69) is 5.32 Å². The Hall–Kier alpha value is -1.21. The molecule has 1 N–H and O–H groups in total. The van der Waals surface area contributed by atoms with Crippen LogP contribution in [0.3, 0.4) is 0 Å². The van der Waals surface area contributed by atoms with Crippen LogP contribution >= 0.6 is 0 Å². The molecular weight excluding hydrogens is 403 g/mol. The Morgan fingerprint density at radius 2 is 2.00 bits per heavy atom. The summed E-state index contributed by atoms with van der Waals surface area (Å²) in [5, 5.41) is 2.30. The number of nitrogens with zero attached hydrogens (tertiary/aromatic N) is 1. The fourth-order valence-electron chi connectivity index (χ4n) is 3.03. The second-order valence-electron chi connectivity index (χ2n) is 6.63. The predicted molar refractivity (Wildman–Crippen MR) is 88.8 cm³/mol. The van der Waals surface area contributed by atoms with Crippen LogP contribution < -0.4 is 34.9 Å². The molecule has 3 atom stereocenters. The first-order chi connectivity index (χ1) is 12.6. The molecule has 2 saturated heterocycles. The predicted octanol–water partition coefficient (Wildman–Crippen LogP) is -2.89. The molecule has 2 aliphatic rings. The monoisotopic (exact) mass is 422 g/mol. The van der Waals surface area contributed by atoms with Crippen molar-refractivity contribution in [1.29, 1.82) is 0 Å². The van der Waals surface area contributed by atoms with E-state index in [1.165, 1.54) is 0 Å². The van der Waals surface area contributed by atoms with E-state index in [9.17, 15) is 22.6 Å². The molecule has 0 radical (unpaired) electrons. The molecule has 2 amide bonds. The van der Waals surface area contributed by atoms with Gasteiger partial charge in [-0.15, -0.1) is 0 Å². The number of amides is 2. The van der Waals surface area contributed by atoms with Crippen LogP contribution in [0.2, 0.25) is 0 Å². The Morgan fingerprint density at radius 3 is 2.54 bits per heavy atom. The van der Waals surface area contributed by atoms with E-state index >= 15 is 0 Å². The van der Waals surface area contributed by atoms with Crippen molar-refractivity contribution in [1.82, 2.24) is 9.62 Å². The molecule has 148 valence electrons. The summed E-state index contributed by atoms with van der Waals surface area (Å²) in [4.78, 5) is 24.1. The van der Waals surface area contributed by atoms with Gasteiger partial charge in [-0.25, -0.2) is 17.5 Å². The second kappa shape index (κ2) is 8.66. The van der Waals surface area contributed by atoms with Crippen molar-refractivity contribution in [2.45, 2.75) is 44.4 Å². The molecule has 0 spiro atoms. The zero-order valence-electron chi connectivity index (χ0n) is 15.7. The second-order valence-corrected chi connectivity index (χ2v) is 7.88. The van der Waals surface area contributed by atoms with Gasteiger partial charge in [-0.05, 0) is 19.4 Å². The van der Waals surface area contributed by atoms with E-state index in [-0.39, 0.29) is 47.1 Å². The zero-order chi connectivity index (χ0) is 19.8. The van der Waals surface area contributed by atoms with Crippen LogP contribution in [0.4, 0.5) is 4.79 Å². The van der Waals surface area contributed by atoms with Gasteiger partial charge in [0.2, 0.25) is 0 Å². The van der Waals surface area contributed by atoms with Gasteiger partial charge in [0.05, 0.1) is 6.61 Å². The topological polar surface area (TPSA) is 134 Å². The van der Waals surface area contributed by atoms with Gasteiger partial charge >= 0.3 is 35.7 Å². The molecule has 1 aromatic carbocycles. The van der Waals surface area contributed by atoms with E-state index in [0.717, 1.165) is 5.56 Å². The summed E-state index contributed by atoms with van der Waals surface area (Å²) in [6, 6.07) is 6.40. The van der Waals surface area contributed by atoms with E-state index in [1.807, 2.05) is 6.07 Å². The van der Waals surface area contributed by atoms with Crippen molar-refractivity contribution in [3.8, 4) is 0 Å². The molecule has 0 aliphatic carbocycles. The number of benzene rings is 1. The van der Waals surface area contributed by atoms with Gasteiger partial charge in [-0.2, -0.15) is 0 Å². The van der Waals surface area contributed by atoms with Crippen LogP contribution in [0.15, 0.2) is 30.3 Å². The maximum Gasteiger partial charge on any atom is 1.00 e. The third kappa shape index (κ3) is 5.03. The molecule has 2 heterocycles. The maximum atomic E-state index is 12.1. The van der Waals surface area contributed by atoms with Gasteiger partial charge in [0.1, 0.15) is 24.8 Å². The van der Waals surface area contributed by atoms with Gasteiger partial charge in [0.25, 0.3) is 5.91 Å². The van der Waals surface area contributed by atoms with Crippen LogP contribution in [-0.2, 0) is 35.9 Å². The van der Waals surface area contributed by atoms with Gasteiger partial charge in [0, 0.05) is 0 Å². The summed E-state index contributed by atoms with van der Waals surface area (Å²) in [5.41, 5.74) is 0.738. The first-order valence-corrected chi connectivity index (χ1v) is 9.53. The van der Waals surface area contributed by atoms with E-state index in [1.54, 1.807) is 38.1 Å². The van der Waals surface area contributed by atoms with Crippen molar-refractivity contribution in [3.05, 3.63) is 35.9 Å². The summed E-state index contributed by atoms with van der Waals surface area (Å²) >= 11 is 0. The number of ether oxygens (including phenoxy) is 3. The number of alkyl carbamates (subject to hydrolysis) is 1. The summed E-state index contributed by atoms with van der Waals surface area (Å²) in [5.74, 6) is -2.04. The maximum absolute atomic E-state index is 12.1. The minimum absolute atomic E-state index is 0. The molecule has 2 fully saturated rings. The summed E-state index contributed by atoms with van der Waals surface area (Å²) in [6.07, 6.45) is -1.80. The first-order valence-electron chi connectivity index (χ1n) is 8.16. The van der Waals surface area contributed by atoms with E-state index in [4.69, 9.17) is 14.2 Å². The van der Waals surface area contributed by atoms with Gasteiger partial charge in [0.15, 0.2) is 16.1 Å². The number of hydrogen-bond donors (Lipinski definition) is 1. The molecular formula is C16H19N2NaO8S. The Bertz CT molecular complexity index is 832. The third-order valence-electron chi connectivity index (χ3n) is 4.23. The molecule has 0 saturated carbocycles. The van der Waals surface area contributed by atoms with E-state index in [0.29, 0.717) is 0 Å².